The molecular weight excluding hydrogens is 283 g/mol. The lowest BCUT2D eigenvalue weighted by Crippen LogP contribution is -2.21. The fourth-order valence-corrected chi connectivity index (χ4v) is 2.15. The molecule has 0 spiro atoms. The average molecular weight is 306 g/mol. The Bertz CT molecular complexity index is 555. The molecule has 0 saturated carbocycles. The Balaban J connectivity index is 2.91. The van der Waals surface area contributed by atoms with Crippen LogP contribution >= 0.6 is 0 Å². The smallest absolute Gasteiger partial charge is 0.314 e. The molecule has 1 rings (SSSR count). The van der Waals surface area contributed by atoms with Gasteiger partial charge < -0.3 is 9.47 Å². The molecule has 0 bridgehead atoms. The van der Waals surface area contributed by atoms with E-state index in [1.165, 1.54) is 6.07 Å². The van der Waals surface area contributed by atoms with Crippen molar-refractivity contribution < 1.29 is 18.7 Å². The van der Waals surface area contributed by atoms with Crippen molar-refractivity contribution in [2.24, 2.45) is 5.92 Å². The number of rotatable bonds is 6. The van der Waals surface area contributed by atoms with Crippen LogP contribution in [0.4, 0.5) is 4.39 Å². The first kappa shape index (κ1) is 18.0. The number of esters is 1. The molecule has 1 atom stereocenters. The van der Waals surface area contributed by atoms with Gasteiger partial charge in [-0.1, -0.05) is 32.8 Å². The maximum Gasteiger partial charge on any atom is 0.314 e. The monoisotopic (exact) mass is 306 g/mol. The van der Waals surface area contributed by atoms with E-state index in [0.29, 0.717) is 12.2 Å². The third-order valence-corrected chi connectivity index (χ3v) is 3.12. The summed E-state index contributed by atoms with van der Waals surface area (Å²) in [6, 6.07) is 4.60. The highest BCUT2D eigenvalue weighted by atomic mass is 19.1. The predicted molar refractivity (Wildman–Crippen MR) is 84.2 cm³/mol. The van der Waals surface area contributed by atoms with Crippen molar-refractivity contribution in [3.05, 3.63) is 29.6 Å². The van der Waals surface area contributed by atoms with Crippen LogP contribution in [0.15, 0.2) is 18.2 Å². The van der Waals surface area contributed by atoms with Gasteiger partial charge in [-0.15, -0.1) is 5.92 Å². The van der Waals surface area contributed by atoms with Crippen molar-refractivity contribution in [3.63, 3.8) is 0 Å². The predicted octanol–water partition coefficient (Wildman–Crippen LogP) is 3.92. The van der Waals surface area contributed by atoms with Gasteiger partial charge in [-0.3, -0.25) is 4.79 Å². The van der Waals surface area contributed by atoms with Crippen LogP contribution in [0, 0.1) is 23.6 Å². The number of benzene rings is 1. The number of ether oxygens (including phenoxy) is 2. The van der Waals surface area contributed by atoms with E-state index >= 15 is 0 Å². The molecule has 22 heavy (non-hydrogen) atoms. The Kier molecular flexibility index (Phi) is 7.45. The van der Waals surface area contributed by atoms with Gasteiger partial charge in [0.2, 0.25) is 0 Å². The molecule has 1 unspecified atom stereocenters. The number of hydrogen-bond donors (Lipinski definition) is 0. The summed E-state index contributed by atoms with van der Waals surface area (Å²) in [5, 5.41) is 0. The highest BCUT2D eigenvalue weighted by Crippen LogP contribution is 2.29. The zero-order valence-electron chi connectivity index (χ0n) is 13.6. The van der Waals surface area contributed by atoms with Gasteiger partial charge >= 0.3 is 5.97 Å². The molecule has 0 radical (unpaired) electrons. The Morgan fingerprint density at radius 3 is 2.55 bits per heavy atom. The highest BCUT2D eigenvalue weighted by molar-refractivity contribution is 5.78. The summed E-state index contributed by atoms with van der Waals surface area (Å²) in [4.78, 5) is 12.2. The van der Waals surface area contributed by atoms with Crippen molar-refractivity contribution in [1.82, 2.24) is 0 Å². The van der Waals surface area contributed by atoms with Crippen LogP contribution in [0.25, 0.3) is 0 Å². The molecular formula is C18H23FO3. The van der Waals surface area contributed by atoms with Crippen molar-refractivity contribution in [1.29, 1.82) is 0 Å². The normalized spacial score (nSPS) is 11.5. The van der Waals surface area contributed by atoms with Crippen LogP contribution in [0.5, 0.6) is 5.75 Å². The number of carbonyl (C=O) groups excluding carboxylic acids is 1. The van der Waals surface area contributed by atoms with E-state index in [-0.39, 0.29) is 24.2 Å². The first-order valence-corrected chi connectivity index (χ1v) is 7.55. The van der Waals surface area contributed by atoms with Crippen LogP contribution in [0.2, 0.25) is 0 Å². The third-order valence-electron chi connectivity index (χ3n) is 3.12. The maximum atomic E-state index is 14.0. The second-order valence-electron chi connectivity index (χ2n) is 5.16. The summed E-state index contributed by atoms with van der Waals surface area (Å²) in [5.74, 6) is 4.41. The summed E-state index contributed by atoms with van der Waals surface area (Å²) in [6.07, 6.45) is 0.718. The van der Waals surface area contributed by atoms with Crippen molar-refractivity contribution in [2.75, 3.05) is 13.2 Å². The van der Waals surface area contributed by atoms with Crippen molar-refractivity contribution in [2.45, 2.75) is 40.0 Å². The fraction of sp³-hybridized carbons (Fsp3) is 0.500. The molecule has 0 N–H and O–H groups in total. The largest absolute Gasteiger partial charge is 0.491 e. The van der Waals surface area contributed by atoms with Crippen LogP contribution < -0.4 is 4.74 Å². The van der Waals surface area contributed by atoms with E-state index in [0.717, 1.165) is 6.42 Å². The van der Waals surface area contributed by atoms with Crippen LogP contribution in [0.1, 0.15) is 45.6 Å². The van der Waals surface area contributed by atoms with Crippen LogP contribution in [0.3, 0.4) is 0 Å². The minimum atomic E-state index is -0.520. The highest BCUT2D eigenvalue weighted by Gasteiger charge is 2.26. The van der Waals surface area contributed by atoms with Gasteiger partial charge in [-0.25, -0.2) is 4.39 Å². The van der Waals surface area contributed by atoms with E-state index in [1.807, 2.05) is 20.8 Å². The Hall–Kier alpha value is -2.02. The van der Waals surface area contributed by atoms with Gasteiger partial charge in [0.1, 0.15) is 0 Å². The third kappa shape index (κ3) is 5.07. The van der Waals surface area contributed by atoms with E-state index in [9.17, 15) is 9.18 Å². The first-order valence-electron chi connectivity index (χ1n) is 7.55. The van der Waals surface area contributed by atoms with Gasteiger partial charge in [0, 0.05) is 6.42 Å². The zero-order valence-corrected chi connectivity index (χ0v) is 13.6. The maximum absolute atomic E-state index is 14.0. The molecule has 0 fully saturated rings. The van der Waals surface area contributed by atoms with Crippen molar-refractivity contribution >= 4 is 5.97 Å². The Labute approximate surface area is 131 Å². The summed E-state index contributed by atoms with van der Waals surface area (Å²) in [6.45, 7) is 7.97. The SMILES string of the molecule is CCC#CCOC(=O)C(c1ccc(OCC)c(F)c1)C(C)C. The Morgan fingerprint density at radius 2 is 2.00 bits per heavy atom. The molecule has 0 aliphatic carbocycles. The van der Waals surface area contributed by atoms with E-state index < -0.39 is 11.7 Å². The van der Waals surface area contributed by atoms with Crippen LogP contribution in [-0.2, 0) is 9.53 Å². The molecule has 0 heterocycles. The lowest BCUT2D eigenvalue weighted by atomic mass is 9.88. The number of hydrogen-bond acceptors (Lipinski definition) is 3. The first-order chi connectivity index (χ1) is 10.5. The van der Waals surface area contributed by atoms with Gasteiger partial charge in [0.05, 0.1) is 12.5 Å². The zero-order chi connectivity index (χ0) is 16.5. The summed E-state index contributed by atoms with van der Waals surface area (Å²) < 4.78 is 24.3. The summed E-state index contributed by atoms with van der Waals surface area (Å²) in [5.41, 5.74) is 0.587. The quantitative estimate of drug-likeness (QED) is 0.590. The Morgan fingerprint density at radius 1 is 1.27 bits per heavy atom. The van der Waals surface area contributed by atoms with Gasteiger partial charge in [-0.05, 0) is 30.5 Å². The molecule has 3 nitrogen and oxygen atoms in total. The minimum absolute atomic E-state index is 0.0102. The van der Waals surface area contributed by atoms with E-state index in [4.69, 9.17) is 9.47 Å². The van der Waals surface area contributed by atoms with Gasteiger partial charge in [0.15, 0.2) is 18.2 Å². The van der Waals surface area contributed by atoms with Gasteiger partial charge in [-0.2, -0.15) is 0 Å². The summed E-state index contributed by atoms with van der Waals surface area (Å²) in [7, 11) is 0. The lowest BCUT2D eigenvalue weighted by Gasteiger charge is -2.20. The van der Waals surface area contributed by atoms with Gasteiger partial charge in [0.25, 0.3) is 0 Å². The standard InChI is InChI=1S/C18H23FO3/c1-5-7-8-11-22-18(20)17(13(3)4)14-9-10-16(21-6-2)15(19)12-14/h9-10,12-13,17H,5-6,11H2,1-4H3. The van der Waals surface area contributed by atoms with E-state index in [1.54, 1.807) is 19.1 Å². The molecule has 0 aliphatic rings. The molecule has 0 aliphatic heterocycles. The molecule has 1 aromatic rings. The number of carbonyl (C=O) groups is 1. The molecule has 0 amide bonds. The minimum Gasteiger partial charge on any atom is -0.491 e. The molecule has 4 heteroatoms. The summed E-state index contributed by atoms with van der Waals surface area (Å²) >= 11 is 0. The molecule has 120 valence electrons. The van der Waals surface area contributed by atoms with E-state index in [2.05, 4.69) is 11.8 Å². The average Bonchev–Trinajstić information content (AvgIpc) is 2.46. The topological polar surface area (TPSA) is 35.5 Å². The second-order valence-corrected chi connectivity index (χ2v) is 5.16. The number of halogens is 1. The molecule has 0 aromatic heterocycles. The molecule has 1 aromatic carbocycles. The second kappa shape index (κ2) is 9.09. The van der Waals surface area contributed by atoms with Crippen LogP contribution in [-0.4, -0.2) is 19.2 Å². The van der Waals surface area contributed by atoms with Crippen molar-refractivity contribution in [3.8, 4) is 17.6 Å². The lowest BCUT2D eigenvalue weighted by molar-refractivity contribution is -0.145. The fourth-order valence-electron chi connectivity index (χ4n) is 2.15. The molecule has 0 saturated heterocycles.